The fraction of sp³-hybridized carbons (Fsp3) is 0.905. The maximum Gasteiger partial charge on any atom is 0.309 e. The quantitative estimate of drug-likeness (QED) is 0.0704. The minimum atomic E-state index is -1.40. The lowest BCUT2D eigenvalue weighted by molar-refractivity contribution is -0.408. The number of carbonyl (C=O) groups is 2. The number of aliphatic carboxylic acids is 1. The lowest BCUT2D eigenvalue weighted by atomic mass is 9.72. The number of ether oxygens (including phenoxy) is 5. The Kier molecular flexibility index (Phi) is 15.2. The molecule has 0 aromatic heterocycles. The molecule has 3 saturated heterocycles. The van der Waals surface area contributed by atoms with E-state index in [-0.39, 0.29) is 29.6 Å². The molecule has 0 bridgehead atoms. The van der Waals surface area contributed by atoms with Crippen molar-refractivity contribution in [2.75, 3.05) is 0 Å². The van der Waals surface area contributed by atoms with Crippen molar-refractivity contribution in [2.24, 2.45) is 41.4 Å². The molecule has 53 heavy (non-hydrogen) atoms. The van der Waals surface area contributed by atoms with Gasteiger partial charge in [0.1, 0.15) is 11.9 Å². The zero-order valence-corrected chi connectivity index (χ0v) is 34.2. The molecule has 0 aromatic rings. The summed E-state index contributed by atoms with van der Waals surface area (Å²) in [6, 6.07) is 0. The van der Waals surface area contributed by atoms with Crippen LogP contribution in [0.5, 0.6) is 0 Å². The van der Waals surface area contributed by atoms with Gasteiger partial charge in [-0.1, -0.05) is 74.7 Å². The number of rotatable bonds is 17. The second-order valence-electron chi connectivity index (χ2n) is 17.4. The monoisotopic (exact) mass is 753 g/mol. The van der Waals surface area contributed by atoms with Crippen molar-refractivity contribution < 1.29 is 53.7 Å². The van der Waals surface area contributed by atoms with Crippen LogP contribution in [0.3, 0.4) is 0 Å². The van der Waals surface area contributed by atoms with Gasteiger partial charge in [-0.25, -0.2) is 0 Å². The highest BCUT2D eigenvalue weighted by atomic mass is 16.8. The Bertz CT molecular complexity index is 1240. The molecule has 11 heteroatoms. The first-order chi connectivity index (χ1) is 24.9. The number of carbonyl (C=O) groups excluding carboxylic acids is 1. The lowest BCUT2D eigenvalue weighted by Gasteiger charge is -2.54. The molecular formula is C42H72O11. The number of carboxylic acids is 1. The van der Waals surface area contributed by atoms with Gasteiger partial charge >= 0.3 is 5.97 Å². The summed E-state index contributed by atoms with van der Waals surface area (Å²) in [4.78, 5) is 26.4. The van der Waals surface area contributed by atoms with Crippen LogP contribution >= 0.6 is 0 Å². The van der Waals surface area contributed by atoms with E-state index in [1.54, 1.807) is 26.0 Å². The topological polar surface area (TPSA) is 161 Å². The van der Waals surface area contributed by atoms with E-state index in [2.05, 4.69) is 27.7 Å². The maximum atomic E-state index is 14.4. The van der Waals surface area contributed by atoms with Gasteiger partial charge in [0.25, 0.3) is 0 Å². The number of aliphatic hydroxyl groups excluding tert-OH is 3. The zero-order valence-electron chi connectivity index (χ0n) is 34.2. The molecule has 0 radical (unpaired) electrons. The van der Waals surface area contributed by atoms with Gasteiger partial charge in [-0.05, 0) is 82.8 Å². The lowest BCUT2D eigenvalue weighted by Crippen LogP contribution is -2.62. The molecule has 0 saturated carbocycles. The van der Waals surface area contributed by atoms with Crippen molar-refractivity contribution in [1.29, 1.82) is 0 Å². The van der Waals surface area contributed by atoms with Crippen LogP contribution in [0.4, 0.5) is 0 Å². The van der Waals surface area contributed by atoms with Crippen molar-refractivity contribution in [2.45, 2.75) is 200 Å². The predicted molar refractivity (Wildman–Crippen MR) is 201 cm³/mol. The highest BCUT2D eigenvalue weighted by Gasteiger charge is 2.62. The number of carboxylic acid groups (broad SMARTS) is 1. The van der Waals surface area contributed by atoms with Crippen molar-refractivity contribution in [3.05, 3.63) is 12.2 Å². The number of Topliss-reactive ketones (excluding diaryl/α,β-unsaturated/α-hetero) is 1. The second-order valence-corrected chi connectivity index (χ2v) is 17.4. The third kappa shape index (κ3) is 9.41. The van der Waals surface area contributed by atoms with Gasteiger partial charge in [-0.15, -0.1) is 0 Å². The molecule has 17 atom stereocenters. The van der Waals surface area contributed by atoms with E-state index in [1.165, 1.54) is 0 Å². The molecule has 0 amide bonds. The fourth-order valence-corrected chi connectivity index (χ4v) is 9.89. The largest absolute Gasteiger partial charge is 0.481 e. The smallest absolute Gasteiger partial charge is 0.309 e. The highest BCUT2D eigenvalue weighted by Crippen LogP contribution is 2.53. The third-order valence-corrected chi connectivity index (χ3v) is 13.3. The van der Waals surface area contributed by atoms with E-state index >= 15 is 0 Å². The molecular weight excluding hydrogens is 680 g/mol. The predicted octanol–water partition coefficient (Wildman–Crippen LogP) is 6.78. The van der Waals surface area contributed by atoms with E-state index in [1.807, 2.05) is 27.7 Å². The Morgan fingerprint density at radius 2 is 1.60 bits per heavy atom. The van der Waals surface area contributed by atoms with Crippen LogP contribution < -0.4 is 0 Å². The Balaban J connectivity index is 1.53. The molecule has 11 nitrogen and oxygen atoms in total. The van der Waals surface area contributed by atoms with Gasteiger partial charge in [0.2, 0.25) is 5.79 Å². The van der Waals surface area contributed by atoms with E-state index in [0.29, 0.717) is 44.9 Å². The minimum absolute atomic E-state index is 0.00713. The van der Waals surface area contributed by atoms with Crippen LogP contribution in [-0.4, -0.2) is 92.3 Å². The van der Waals surface area contributed by atoms with Crippen molar-refractivity contribution >= 4 is 11.8 Å². The molecule has 3 fully saturated rings. The van der Waals surface area contributed by atoms with Gasteiger partial charge in [0, 0.05) is 30.1 Å². The fourth-order valence-electron chi connectivity index (χ4n) is 9.89. The van der Waals surface area contributed by atoms with Gasteiger partial charge in [-0.3, -0.25) is 9.59 Å². The Morgan fingerprint density at radius 3 is 2.21 bits per heavy atom. The first kappa shape index (κ1) is 44.3. The number of ketones is 1. The van der Waals surface area contributed by atoms with E-state index in [0.717, 1.165) is 25.7 Å². The molecule has 4 rings (SSSR count). The third-order valence-electron chi connectivity index (χ3n) is 13.3. The van der Waals surface area contributed by atoms with E-state index in [9.17, 15) is 30.0 Å². The van der Waals surface area contributed by atoms with E-state index in [4.69, 9.17) is 23.7 Å². The normalized spacial score (nSPS) is 40.1. The van der Waals surface area contributed by atoms with Crippen LogP contribution in [-0.2, 0) is 33.3 Å². The summed E-state index contributed by atoms with van der Waals surface area (Å²) in [7, 11) is 0. The van der Waals surface area contributed by atoms with E-state index < -0.39 is 83.6 Å². The minimum Gasteiger partial charge on any atom is -0.481 e. The summed E-state index contributed by atoms with van der Waals surface area (Å²) in [6.45, 7) is 19.4. The molecule has 0 aliphatic carbocycles. The summed E-state index contributed by atoms with van der Waals surface area (Å²) < 4.78 is 33.0. The molecule has 1 unspecified atom stereocenters. The summed E-state index contributed by atoms with van der Waals surface area (Å²) >= 11 is 0. The average Bonchev–Trinajstić information content (AvgIpc) is 3.45. The number of unbranched alkanes of at least 4 members (excludes halogenated alkanes) is 2. The summed E-state index contributed by atoms with van der Waals surface area (Å²) in [6.07, 6.45) is 6.49. The zero-order chi connectivity index (χ0) is 39.5. The van der Waals surface area contributed by atoms with Crippen LogP contribution in [0.15, 0.2) is 12.2 Å². The number of aliphatic hydroxyl groups is 3. The van der Waals surface area contributed by atoms with Crippen LogP contribution in [0, 0.1) is 41.4 Å². The summed E-state index contributed by atoms with van der Waals surface area (Å²) in [5, 5.41) is 43.1. The van der Waals surface area contributed by atoms with Crippen molar-refractivity contribution in [3.63, 3.8) is 0 Å². The number of hydrogen-bond donors (Lipinski definition) is 4. The van der Waals surface area contributed by atoms with Gasteiger partial charge in [-0.2, -0.15) is 0 Å². The molecule has 4 aliphatic heterocycles. The first-order valence-electron chi connectivity index (χ1n) is 20.8. The Hall–Kier alpha value is -1.44. The first-order valence-corrected chi connectivity index (χ1v) is 20.8. The molecule has 4 aliphatic rings. The van der Waals surface area contributed by atoms with Crippen molar-refractivity contribution in [1.82, 2.24) is 0 Å². The second kappa shape index (κ2) is 18.2. The van der Waals surface area contributed by atoms with Gasteiger partial charge in [0.05, 0.1) is 42.0 Å². The van der Waals surface area contributed by atoms with Gasteiger partial charge in [0.15, 0.2) is 12.1 Å². The molecule has 4 N–H and O–H groups in total. The molecule has 306 valence electrons. The molecule has 0 aromatic carbocycles. The molecule has 2 spiro atoms. The van der Waals surface area contributed by atoms with Crippen LogP contribution in [0.2, 0.25) is 0 Å². The molecule has 4 heterocycles. The van der Waals surface area contributed by atoms with Crippen LogP contribution in [0.1, 0.15) is 140 Å². The standard InChI is InChI=1S/C42H72O11/c1-11-14-15-16-34(49-29(9)43)40(10)21-22-42(52-40)33(44)19-20-41(53-42)26(6)23-25(5)38(51-41)31(13-3)36(46)27(7)35(45)28(8)37-24(4)17-18-32(50-37)30(12-2)39(47)48/h19-20,24-35,37-38,43-45H,11-18,21-23H2,1-10H3,(H,47,48)/t24-,25-,26+,27-,28-,29-,30+,31-,32+,33+,34+,35+,37?,38-,40-,41-,42-/m0/s1. The summed E-state index contributed by atoms with van der Waals surface area (Å²) in [5.41, 5.74) is -0.822. The van der Waals surface area contributed by atoms with Crippen LogP contribution in [0.25, 0.3) is 0 Å². The number of hydrogen-bond acceptors (Lipinski definition) is 10. The maximum absolute atomic E-state index is 14.4. The Labute approximate surface area is 318 Å². The Morgan fingerprint density at radius 1 is 0.925 bits per heavy atom. The highest BCUT2D eigenvalue weighted by molar-refractivity contribution is 5.84. The summed E-state index contributed by atoms with van der Waals surface area (Å²) in [5.74, 6) is -5.87. The average molecular weight is 753 g/mol. The SMILES string of the molecule is CCCCC[C@@H](O[C@@H](C)O)[C@]1(C)CC[C@@]2(O[C@]3(C=C[C@H]2O)O[C@H]([C@@H](CC)C(=O)[C@@H](C)[C@@H](O)[C@H](C)C2O[C@@H]([C@@H](CC)C(=O)O)CC[C@@H]2C)[C@@H](C)C[C@H]3C)O1. The van der Waals surface area contributed by atoms with Crippen molar-refractivity contribution in [3.8, 4) is 0 Å². The van der Waals surface area contributed by atoms with Gasteiger partial charge < -0.3 is 44.1 Å².